The molecule has 1 aromatic rings. The van der Waals surface area contributed by atoms with E-state index in [0.717, 1.165) is 37.3 Å². The first-order chi connectivity index (χ1) is 7.97. The second kappa shape index (κ2) is 6.03. The summed E-state index contributed by atoms with van der Waals surface area (Å²) in [4.78, 5) is 3.47. The van der Waals surface area contributed by atoms with Crippen molar-refractivity contribution in [2.75, 3.05) is 0 Å². The van der Waals surface area contributed by atoms with Crippen LogP contribution in [0.3, 0.4) is 0 Å². The van der Waals surface area contributed by atoms with Gasteiger partial charge in [0, 0.05) is 6.20 Å². The van der Waals surface area contributed by atoms with E-state index >= 15 is 0 Å². The van der Waals surface area contributed by atoms with Gasteiger partial charge in [-0.05, 0) is 24.0 Å². The second-order valence-corrected chi connectivity index (χ2v) is 4.32. The first-order valence-corrected chi connectivity index (χ1v) is 5.99. The molecule has 1 rings (SSSR count). The summed E-state index contributed by atoms with van der Waals surface area (Å²) in [5, 5.41) is 0. The molecule has 0 fully saturated rings. The van der Waals surface area contributed by atoms with Crippen molar-refractivity contribution in [3.63, 3.8) is 0 Å². The predicted octanol–water partition coefficient (Wildman–Crippen LogP) is 4.47. The van der Waals surface area contributed by atoms with Crippen LogP contribution < -0.4 is 0 Å². The van der Waals surface area contributed by atoms with E-state index < -0.39 is 11.9 Å². The fourth-order valence-corrected chi connectivity index (χ4v) is 1.91. The molecular weight excluding hydrogens is 227 g/mol. The lowest BCUT2D eigenvalue weighted by Gasteiger charge is -2.13. The highest BCUT2D eigenvalue weighted by molar-refractivity contribution is 5.16. The highest BCUT2D eigenvalue weighted by Crippen LogP contribution is 2.27. The van der Waals surface area contributed by atoms with E-state index in [1.54, 1.807) is 0 Å². The average molecular weight is 245 g/mol. The quantitative estimate of drug-likeness (QED) is 0.745. The molecule has 0 aromatic carbocycles. The average Bonchev–Trinajstić information content (AvgIpc) is 2.28. The van der Waals surface area contributed by atoms with Crippen LogP contribution in [-0.4, -0.2) is 4.98 Å². The maximum absolute atomic E-state index is 12.3. The number of hydrogen-bond donors (Lipinski definition) is 0. The largest absolute Gasteiger partial charge is 0.433 e. The zero-order valence-electron chi connectivity index (χ0n) is 10.2. The highest BCUT2D eigenvalue weighted by atomic mass is 19.4. The molecule has 0 bridgehead atoms. The van der Waals surface area contributed by atoms with E-state index in [-0.39, 0.29) is 0 Å². The fourth-order valence-electron chi connectivity index (χ4n) is 1.91. The third-order valence-electron chi connectivity index (χ3n) is 2.91. The normalized spacial score (nSPS) is 13.7. The summed E-state index contributed by atoms with van der Waals surface area (Å²) in [6, 6.07) is 2.60. The van der Waals surface area contributed by atoms with Gasteiger partial charge in [0.1, 0.15) is 5.69 Å². The molecule has 0 saturated carbocycles. The van der Waals surface area contributed by atoms with Crippen molar-refractivity contribution in [1.82, 2.24) is 4.98 Å². The Morgan fingerprint density at radius 3 is 2.35 bits per heavy atom. The van der Waals surface area contributed by atoms with Gasteiger partial charge in [-0.25, -0.2) is 0 Å². The van der Waals surface area contributed by atoms with Gasteiger partial charge in [-0.1, -0.05) is 39.2 Å². The zero-order valence-corrected chi connectivity index (χ0v) is 10.2. The van der Waals surface area contributed by atoms with Crippen LogP contribution in [0.2, 0.25) is 0 Å². The number of nitrogens with zero attached hydrogens (tertiary/aromatic N) is 1. The minimum Gasteiger partial charge on any atom is -0.252 e. The standard InChI is InChI=1S/C13H18F3N/c1-3-5-10(4-2)8-11-6-7-12(17-9-11)13(14,15)16/h6-7,9-10H,3-5,8H2,1-2H3. The minimum absolute atomic E-state index is 0.540. The topological polar surface area (TPSA) is 12.9 Å². The predicted molar refractivity (Wildman–Crippen MR) is 61.6 cm³/mol. The first-order valence-electron chi connectivity index (χ1n) is 5.99. The van der Waals surface area contributed by atoms with Crippen molar-refractivity contribution in [1.29, 1.82) is 0 Å². The van der Waals surface area contributed by atoms with E-state index in [9.17, 15) is 13.2 Å². The van der Waals surface area contributed by atoms with Gasteiger partial charge in [0.15, 0.2) is 0 Å². The number of halogens is 3. The second-order valence-electron chi connectivity index (χ2n) is 4.32. The summed E-state index contributed by atoms with van der Waals surface area (Å²) < 4.78 is 36.9. The Morgan fingerprint density at radius 2 is 1.94 bits per heavy atom. The zero-order chi connectivity index (χ0) is 12.9. The maximum atomic E-state index is 12.3. The molecule has 4 heteroatoms. The molecule has 0 aliphatic carbocycles. The van der Waals surface area contributed by atoms with Crippen molar-refractivity contribution in [2.45, 2.75) is 45.7 Å². The molecule has 96 valence electrons. The van der Waals surface area contributed by atoms with Crippen LogP contribution in [0.4, 0.5) is 13.2 Å². The molecule has 0 aliphatic rings. The van der Waals surface area contributed by atoms with Crippen molar-refractivity contribution >= 4 is 0 Å². The Labute approximate surface area is 100 Å². The van der Waals surface area contributed by atoms with Crippen molar-refractivity contribution in [3.05, 3.63) is 29.6 Å². The lowest BCUT2D eigenvalue weighted by Crippen LogP contribution is -2.09. The Balaban J connectivity index is 2.68. The van der Waals surface area contributed by atoms with Crippen LogP contribution >= 0.6 is 0 Å². The molecule has 1 nitrogen and oxygen atoms in total. The van der Waals surface area contributed by atoms with E-state index in [0.29, 0.717) is 5.92 Å². The van der Waals surface area contributed by atoms with E-state index in [1.165, 1.54) is 12.3 Å². The van der Waals surface area contributed by atoms with Gasteiger partial charge in [0.25, 0.3) is 0 Å². The SMILES string of the molecule is CCCC(CC)Cc1ccc(C(F)(F)F)nc1. The van der Waals surface area contributed by atoms with Crippen LogP contribution in [0, 0.1) is 5.92 Å². The number of aromatic nitrogens is 1. The van der Waals surface area contributed by atoms with Crippen LogP contribution in [0.15, 0.2) is 18.3 Å². The summed E-state index contributed by atoms with van der Waals surface area (Å²) in [5.74, 6) is 0.540. The Hall–Kier alpha value is -1.06. The summed E-state index contributed by atoms with van der Waals surface area (Å²) >= 11 is 0. The number of rotatable bonds is 5. The van der Waals surface area contributed by atoms with Gasteiger partial charge in [-0.15, -0.1) is 0 Å². The molecular formula is C13H18F3N. The number of hydrogen-bond acceptors (Lipinski definition) is 1. The minimum atomic E-state index is -4.34. The van der Waals surface area contributed by atoms with Crippen molar-refractivity contribution in [3.8, 4) is 0 Å². The van der Waals surface area contributed by atoms with E-state index in [2.05, 4.69) is 18.8 Å². The molecule has 0 N–H and O–H groups in total. The maximum Gasteiger partial charge on any atom is 0.433 e. The van der Waals surface area contributed by atoms with Gasteiger partial charge in [0.05, 0.1) is 0 Å². The fraction of sp³-hybridized carbons (Fsp3) is 0.615. The Morgan fingerprint density at radius 1 is 1.24 bits per heavy atom. The molecule has 1 aromatic heterocycles. The number of alkyl halides is 3. The van der Waals surface area contributed by atoms with Gasteiger partial charge >= 0.3 is 6.18 Å². The van der Waals surface area contributed by atoms with Gasteiger partial charge in [0.2, 0.25) is 0 Å². The molecule has 1 atom stereocenters. The first kappa shape index (κ1) is 14.0. The molecule has 0 amide bonds. The molecule has 17 heavy (non-hydrogen) atoms. The van der Waals surface area contributed by atoms with Gasteiger partial charge < -0.3 is 0 Å². The number of pyridine rings is 1. The van der Waals surface area contributed by atoms with Crippen molar-refractivity contribution in [2.24, 2.45) is 5.92 Å². The Bertz CT molecular complexity index is 330. The van der Waals surface area contributed by atoms with Crippen LogP contribution in [-0.2, 0) is 12.6 Å². The summed E-state index contributed by atoms with van der Waals surface area (Å²) in [5.41, 5.74) is 0.0723. The molecule has 1 unspecified atom stereocenters. The molecule has 0 saturated heterocycles. The molecule has 1 heterocycles. The summed E-state index contributed by atoms with van der Waals surface area (Å²) in [7, 11) is 0. The summed E-state index contributed by atoms with van der Waals surface area (Å²) in [6.45, 7) is 4.23. The third kappa shape index (κ3) is 4.36. The van der Waals surface area contributed by atoms with Gasteiger partial charge in [-0.2, -0.15) is 13.2 Å². The lowest BCUT2D eigenvalue weighted by molar-refractivity contribution is -0.141. The third-order valence-corrected chi connectivity index (χ3v) is 2.91. The van der Waals surface area contributed by atoms with Crippen LogP contribution in [0.25, 0.3) is 0 Å². The summed E-state index contributed by atoms with van der Waals surface area (Å²) in [6.07, 6.45) is 1.09. The highest BCUT2D eigenvalue weighted by Gasteiger charge is 2.31. The van der Waals surface area contributed by atoms with E-state index in [4.69, 9.17) is 0 Å². The molecule has 0 spiro atoms. The van der Waals surface area contributed by atoms with Crippen molar-refractivity contribution < 1.29 is 13.2 Å². The Kier molecular flexibility index (Phi) is 4.97. The van der Waals surface area contributed by atoms with E-state index in [1.807, 2.05) is 0 Å². The van der Waals surface area contributed by atoms with Gasteiger partial charge in [-0.3, -0.25) is 4.98 Å². The monoisotopic (exact) mass is 245 g/mol. The smallest absolute Gasteiger partial charge is 0.252 e. The lowest BCUT2D eigenvalue weighted by atomic mass is 9.93. The van der Waals surface area contributed by atoms with Crippen LogP contribution in [0.1, 0.15) is 44.4 Å². The van der Waals surface area contributed by atoms with Crippen LogP contribution in [0.5, 0.6) is 0 Å². The molecule has 0 radical (unpaired) electrons. The molecule has 0 aliphatic heterocycles.